The van der Waals surface area contributed by atoms with Gasteiger partial charge in [-0.15, -0.1) is 0 Å². The average molecular weight is 360 g/mol. The Morgan fingerprint density at radius 2 is 2.15 bits per heavy atom. The fraction of sp³-hybridized carbons (Fsp3) is 0.500. The van der Waals surface area contributed by atoms with Crippen molar-refractivity contribution in [1.82, 2.24) is 5.32 Å². The lowest BCUT2D eigenvalue weighted by atomic mass is 9.98. The number of piperidine rings is 1. The number of amides is 2. The molecule has 2 fully saturated rings. The van der Waals surface area contributed by atoms with Crippen molar-refractivity contribution in [2.24, 2.45) is 5.92 Å². The molecule has 7 nitrogen and oxygen atoms in total. The lowest BCUT2D eigenvalue weighted by Gasteiger charge is -2.31. The van der Waals surface area contributed by atoms with Crippen LogP contribution in [0.25, 0.3) is 0 Å². The molecule has 0 bridgehead atoms. The number of nitrogens with one attached hydrogen (secondary N) is 1. The Kier molecular flexibility index (Phi) is 5.26. The van der Waals surface area contributed by atoms with Crippen molar-refractivity contribution in [3.8, 4) is 6.07 Å². The van der Waals surface area contributed by atoms with E-state index in [9.17, 15) is 14.0 Å². The number of hydrogen-bond donors (Lipinski definition) is 1. The topological polar surface area (TPSA) is 85.7 Å². The van der Waals surface area contributed by atoms with Gasteiger partial charge in [0.2, 0.25) is 5.91 Å². The quantitative estimate of drug-likeness (QED) is 0.888. The number of carbonyl (C=O) groups excluding carboxylic acids is 2. The van der Waals surface area contributed by atoms with E-state index in [1.807, 2.05) is 4.90 Å². The van der Waals surface area contributed by atoms with Gasteiger partial charge in [-0.2, -0.15) is 5.26 Å². The third-order valence-electron chi connectivity index (χ3n) is 4.71. The van der Waals surface area contributed by atoms with Gasteiger partial charge in [0.25, 0.3) is 0 Å². The van der Waals surface area contributed by atoms with Gasteiger partial charge >= 0.3 is 6.09 Å². The highest BCUT2D eigenvalue weighted by atomic mass is 19.1. The number of benzene rings is 1. The summed E-state index contributed by atoms with van der Waals surface area (Å²) in [6.07, 6.45) is 0.434. The normalized spacial score (nSPS) is 20.7. The summed E-state index contributed by atoms with van der Waals surface area (Å²) in [4.78, 5) is 26.3. The van der Waals surface area contributed by atoms with Gasteiger partial charge in [0, 0.05) is 25.9 Å². The van der Waals surface area contributed by atoms with Crippen LogP contribution in [-0.2, 0) is 9.53 Å². The van der Waals surface area contributed by atoms with Crippen LogP contribution in [0, 0.1) is 23.1 Å². The summed E-state index contributed by atoms with van der Waals surface area (Å²) in [6, 6.07) is 6.94. The Labute approximate surface area is 151 Å². The highest BCUT2D eigenvalue weighted by Crippen LogP contribution is 2.30. The maximum absolute atomic E-state index is 14.6. The number of ether oxygens (including phenoxy) is 1. The van der Waals surface area contributed by atoms with Crippen LogP contribution in [0.15, 0.2) is 18.2 Å². The summed E-state index contributed by atoms with van der Waals surface area (Å²) in [5, 5.41) is 11.6. The van der Waals surface area contributed by atoms with Gasteiger partial charge in [0.05, 0.1) is 30.5 Å². The van der Waals surface area contributed by atoms with Crippen molar-refractivity contribution in [3.63, 3.8) is 0 Å². The van der Waals surface area contributed by atoms with Crippen LogP contribution in [0.5, 0.6) is 0 Å². The minimum Gasteiger partial charge on any atom is -0.442 e. The van der Waals surface area contributed by atoms with Gasteiger partial charge in [-0.05, 0) is 31.0 Å². The molecule has 0 aliphatic carbocycles. The van der Waals surface area contributed by atoms with E-state index in [1.165, 1.54) is 17.9 Å². The predicted octanol–water partition coefficient (Wildman–Crippen LogP) is 2.03. The maximum atomic E-state index is 14.6. The first-order chi connectivity index (χ1) is 12.5. The minimum absolute atomic E-state index is 0.0356. The van der Waals surface area contributed by atoms with Crippen molar-refractivity contribution in [2.75, 3.05) is 36.0 Å². The SMILES string of the molecule is CC(=O)NCC1CN(c2ccc(N3CCC(C#N)CC3)c(F)c2)C(=O)O1. The van der Waals surface area contributed by atoms with Crippen LogP contribution in [0.2, 0.25) is 0 Å². The molecule has 26 heavy (non-hydrogen) atoms. The van der Waals surface area contributed by atoms with Crippen LogP contribution in [0.1, 0.15) is 19.8 Å². The van der Waals surface area contributed by atoms with E-state index >= 15 is 0 Å². The molecule has 0 aromatic heterocycles. The zero-order chi connectivity index (χ0) is 18.7. The molecule has 0 radical (unpaired) electrons. The van der Waals surface area contributed by atoms with E-state index in [1.54, 1.807) is 12.1 Å². The van der Waals surface area contributed by atoms with Crippen LogP contribution in [-0.4, -0.2) is 44.3 Å². The first-order valence-electron chi connectivity index (χ1n) is 8.64. The Balaban J connectivity index is 1.67. The van der Waals surface area contributed by atoms with Gasteiger partial charge in [-0.3, -0.25) is 9.69 Å². The molecule has 1 N–H and O–H groups in total. The number of cyclic esters (lactones) is 1. The lowest BCUT2D eigenvalue weighted by Crippen LogP contribution is -2.34. The predicted molar refractivity (Wildman–Crippen MR) is 93.2 cm³/mol. The largest absolute Gasteiger partial charge is 0.442 e. The molecule has 1 aromatic carbocycles. The van der Waals surface area contributed by atoms with E-state index < -0.39 is 18.0 Å². The van der Waals surface area contributed by atoms with Gasteiger partial charge in [0.1, 0.15) is 11.9 Å². The summed E-state index contributed by atoms with van der Waals surface area (Å²) in [7, 11) is 0. The smallest absolute Gasteiger partial charge is 0.414 e. The summed E-state index contributed by atoms with van der Waals surface area (Å²) in [5.41, 5.74) is 0.904. The zero-order valence-corrected chi connectivity index (χ0v) is 14.6. The second kappa shape index (κ2) is 7.60. The highest BCUT2D eigenvalue weighted by Gasteiger charge is 2.33. The Hall–Kier alpha value is -2.82. The molecule has 2 amide bonds. The molecule has 2 saturated heterocycles. The van der Waals surface area contributed by atoms with Crippen molar-refractivity contribution in [1.29, 1.82) is 5.26 Å². The molecule has 1 atom stereocenters. The molecular weight excluding hydrogens is 339 g/mol. The number of hydrogen-bond acceptors (Lipinski definition) is 5. The van der Waals surface area contributed by atoms with Crippen molar-refractivity contribution >= 4 is 23.4 Å². The Morgan fingerprint density at radius 3 is 2.77 bits per heavy atom. The van der Waals surface area contributed by atoms with E-state index in [2.05, 4.69) is 11.4 Å². The van der Waals surface area contributed by atoms with Crippen LogP contribution >= 0.6 is 0 Å². The summed E-state index contributed by atoms with van der Waals surface area (Å²) in [5.74, 6) is -0.570. The van der Waals surface area contributed by atoms with Crippen LogP contribution in [0.4, 0.5) is 20.6 Å². The molecular formula is C18H21FN4O3. The summed E-state index contributed by atoms with van der Waals surface area (Å²) in [6.45, 7) is 3.15. The monoisotopic (exact) mass is 360 g/mol. The van der Waals surface area contributed by atoms with Gasteiger partial charge in [0.15, 0.2) is 0 Å². The molecule has 0 saturated carbocycles. The highest BCUT2D eigenvalue weighted by molar-refractivity contribution is 5.90. The number of nitrogens with zero attached hydrogens (tertiary/aromatic N) is 3. The molecule has 1 aromatic rings. The van der Waals surface area contributed by atoms with Gasteiger partial charge < -0.3 is 15.0 Å². The fourth-order valence-corrected chi connectivity index (χ4v) is 3.27. The number of halogens is 1. The number of nitriles is 1. The Morgan fingerprint density at radius 1 is 1.42 bits per heavy atom. The maximum Gasteiger partial charge on any atom is 0.414 e. The van der Waals surface area contributed by atoms with E-state index in [0.717, 1.165) is 12.8 Å². The van der Waals surface area contributed by atoms with E-state index in [4.69, 9.17) is 10.00 Å². The van der Waals surface area contributed by atoms with Crippen LogP contribution < -0.4 is 15.1 Å². The average Bonchev–Trinajstić information content (AvgIpc) is 3.01. The van der Waals surface area contributed by atoms with Crippen molar-refractivity contribution < 1.29 is 18.7 Å². The van der Waals surface area contributed by atoms with E-state index in [-0.39, 0.29) is 24.9 Å². The minimum atomic E-state index is -0.553. The third kappa shape index (κ3) is 3.87. The summed E-state index contributed by atoms with van der Waals surface area (Å²) >= 11 is 0. The molecule has 2 aliphatic rings. The van der Waals surface area contributed by atoms with Gasteiger partial charge in [-0.1, -0.05) is 0 Å². The Bertz CT molecular complexity index is 740. The van der Waals surface area contributed by atoms with Gasteiger partial charge in [-0.25, -0.2) is 9.18 Å². The van der Waals surface area contributed by atoms with E-state index in [0.29, 0.717) is 24.5 Å². The molecule has 2 aliphatic heterocycles. The second-order valence-electron chi connectivity index (χ2n) is 6.58. The molecule has 0 spiro atoms. The first kappa shape index (κ1) is 18.0. The summed E-state index contributed by atoms with van der Waals surface area (Å²) < 4.78 is 19.8. The molecule has 138 valence electrons. The molecule has 2 heterocycles. The number of anilines is 2. The fourth-order valence-electron chi connectivity index (χ4n) is 3.27. The molecule has 3 rings (SSSR count). The second-order valence-corrected chi connectivity index (χ2v) is 6.58. The lowest BCUT2D eigenvalue weighted by molar-refractivity contribution is -0.119. The zero-order valence-electron chi connectivity index (χ0n) is 14.6. The standard InChI is InChI=1S/C18H21FN4O3/c1-12(24)21-10-15-11-23(18(25)26-15)14-2-3-17(16(19)8-14)22-6-4-13(9-20)5-7-22/h2-3,8,13,15H,4-7,10-11H2,1H3,(H,21,24). The van der Waals surface area contributed by atoms with Crippen molar-refractivity contribution in [3.05, 3.63) is 24.0 Å². The number of rotatable bonds is 4. The molecule has 1 unspecified atom stereocenters. The number of carbonyl (C=O) groups is 2. The first-order valence-corrected chi connectivity index (χ1v) is 8.64. The molecule has 8 heteroatoms. The van der Waals surface area contributed by atoms with Crippen LogP contribution in [0.3, 0.4) is 0 Å². The van der Waals surface area contributed by atoms with Crippen molar-refractivity contribution in [2.45, 2.75) is 25.9 Å². The third-order valence-corrected chi connectivity index (χ3v) is 4.71.